The summed E-state index contributed by atoms with van der Waals surface area (Å²) in [6, 6.07) is 8.72. The molecule has 0 atom stereocenters. The van der Waals surface area contributed by atoms with Gasteiger partial charge in [-0.25, -0.2) is 14.8 Å². The van der Waals surface area contributed by atoms with E-state index in [1.807, 2.05) is 0 Å². The van der Waals surface area contributed by atoms with Crippen LogP contribution in [0.4, 0.5) is 0 Å². The van der Waals surface area contributed by atoms with Crippen molar-refractivity contribution in [1.82, 2.24) is 15.0 Å². The molecule has 0 amide bonds. The molecule has 8 nitrogen and oxygen atoms in total. The lowest BCUT2D eigenvalue weighted by molar-refractivity contribution is 0.0729. The molecule has 3 heterocycles. The number of ether oxygens (including phenoxy) is 1. The number of phenolic OH excluding ortho intramolecular Hbond substituents is 1. The molecule has 0 aliphatic heterocycles. The van der Waals surface area contributed by atoms with Gasteiger partial charge in [0.2, 0.25) is 5.71 Å². The number of fused-ring (bicyclic) bond motifs is 1. The van der Waals surface area contributed by atoms with Gasteiger partial charge in [0.1, 0.15) is 17.5 Å². The number of aromatic hydroxyl groups is 1. The van der Waals surface area contributed by atoms with E-state index in [0.717, 1.165) is 0 Å². The molecule has 0 spiro atoms. The van der Waals surface area contributed by atoms with Gasteiger partial charge in [-0.05, 0) is 30.3 Å². The van der Waals surface area contributed by atoms with Crippen molar-refractivity contribution in [2.75, 3.05) is 0 Å². The zero-order chi connectivity index (χ0) is 18.8. The first-order chi connectivity index (χ1) is 13.1. The molecule has 4 aromatic rings. The van der Waals surface area contributed by atoms with Crippen LogP contribution in [-0.4, -0.2) is 26.0 Å². The van der Waals surface area contributed by atoms with Crippen LogP contribution in [0, 0.1) is 0 Å². The smallest absolute Gasteiger partial charge is 0.345 e. The number of aromatic nitrogens is 3. The minimum Gasteiger partial charge on any atom is -0.504 e. The van der Waals surface area contributed by atoms with Crippen molar-refractivity contribution in [2.45, 2.75) is 0 Å². The fourth-order valence-corrected chi connectivity index (χ4v) is 2.44. The maximum atomic E-state index is 12.1. The standard InChI is InChI=1S/C19H11N3O5/c23-14-7-17(26-18-13(14)9-21-10-22-18)11-3-4-16(15(24)6-11)27-19(25)12-2-1-5-20-8-12/h1-10,24H. The molecule has 1 N–H and O–H groups in total. The van der Waals surface area contributed by atoms with E-state index in [2.05, 4.69) is 15.0 Å². The third kappa shape index (κ3) is 3.23. The molecule has 0 unspecified atom stereocenters. The van der Waals surface area contributed by atoms with Gasteiger partial charge in [0.05, 0.1) is 5.56 Å². The number of nitrogens with zero attached hydrogens (tertiary/aromatic N) is 3. The molecule has 0 fully saturated rings. The summed E-state index contributed by atoms with van der Waals surface area (Å²) in [5, 5.41) is 10.4. The topological polar surface area (TPSA) is 115 Å². The molecule has 0 radical (unpaired) electrons. The maximum absolute atomic E-state index is 12.1. The lowest BCUT2D eigenvalue weighted by Gasteiger charge is -2.08. The Bertz CT molecular complexity index is 1200. The predicted molar refractivity (Wildman–Crippen MR) is 94.4 cm³/mol. The summed E-state index contributed by atoms with van der Waals surface area (Å²) in [4.78, 5) is 35.8. The van der Waals surface area contributed by atoms with Crippen molar-refractivity contribution in [2.24, 2.45) is 0 Å². The summed E-state index contributed by atoms with van der Waals surface area (Å²) in [6.07, 6.45) is 5.54. The number of hydrogen-bond donors (Lipinski definition) is 1. The summed E-state index contributed by atoms with van der Waals surface area (Å²) in [7, 11) is 0. The van der Waals surface area contributed by atoms with E-state index in [4.69, 9.17) is 9.15 Å². The van der Waals surface area contributed by atoms with Crippen molar-refractivity contribution in [3.05, 3.63) is 77.1 Å². The van der Waals surface area contributed by atoms with Crippen molar-refractivity contribution in [3.63, 3.8) is 0 Å². The monoisotopic (exact) mass is 361 g/mol. The predicted octanol–water partition coefficient (Wildman–Crippen LogP) is 2.57. The Morgan fingerprint density at radius 3 is 2.78 bits per heavy atom. The van der Waals surface area contributed by atoms with Crippen molar-refractivity contribution >= 4 is 17.1 Å². The Labute approximate surface area is 151 Å². The van der Waals surface area contributed by atoms with Gasteiger partial charge < -0.3 is 14.3 Å². The Kier molecular flexibility index (Phi) is 4.06. The molecule has 8 heteroatoms. The van der Waals surface area contributed by atoms with Crippen LogP contribution in [0.25, 0.3) is 22.4 Å². The summed E-state index contributed by atoms with van der Waals surface area (Å²) in [5.74, 6) is -0.750. The number of phenols is 1. The van der Waals surface area contributed by atoms with Crippen LogP contribution >= 0.6 is 0 Å². The van der Waals surface area contributed by atoms with E-state index in [9.17, 15) is 14.7 Å². The molecule has 0 aliphatic carbocycles. The number of carbonyl (C=O) groups excluding carboxylic acids is 1. The van der Waals surface area contributed by atoms with Gasteiger partial charge in [-0.2, -0.15) is 0 Å². The van der Waals surface area contributed by atoms with E-state index in [1.165, 1.54) is 43.1 Å². The van der Waals surface area contributed by atoms with Crippen LogP contribution in [0.3, 0.4) is 0 Å². The lowest BCUT2D eigenvalue weighted by atomic mass is 10.1. The second-order valence-corrected chi connectivity index (χ2v) is 5.53. The Balaban J connectivity index is 1.66. The molecule has 0 bridgehead atoms. The first-order valence-corrected chi connectivity index (χ1v) is 7.81. The summed E-state index contributed by atoms with van der Waals surface area (Å²) >= 11 is 0. The van der Waals surface area contributed by atoms with Crippen molar-refractivity contribution < 1.29 is 19.1 Å². The van der Waals surface area contributed by atoms with Crippen LogP contribution in [0.2, 0.25) is 0 Å². The zero-order valence-electron chi connectivity index (χ0n) is 13.7. The van der Waals surface area contributed by atoms with E-state index in [-0.39, 0.29) is 39.4 Å². The molecular weight excluding hydrogens is 350 g/mol. The van der Waals surface area contributed by atoms with Gasteiger partial charge in [-0.1, -0.05) is 0 Å². The van der Waals surface area contributed by atoms with Crippen molar-refractivity contribution in [1.29, 1.82) is 0 Å². The Morgan fingerprint density at radius 1 is 1.11 bits per heavy atom. The summed E-state index contributed by atoms with van der Waals surface area (Å²) < 4.78 is 10.8. The average molecular weight is 361 g/mol. The van der Waals surface area contributed by atoms with Crippen LogP contribution in [-0.2, 0) is 0 Å². The number of pyridine rings is 1. The fourth-order valence-electron chi connectivity index (χ4n) is 2.44. The highest BCUT2D eigenvalue weighted by Crippen LogP contribution is 2.32. The van der Waals surface area contributed by atoms with Gasteiger partial charge in [-0.3, -0.25) is 9.78 Å². The van der Waals surface area contributed by atoms with Crippen molar-refractivity contribution in [3.8, 4) is 22.8 Å². The first kappa shape index (κ1) is 16.4. The van der Waals surface area contributed by atoms with Crippen LogP contribution in [0.1, 0.15) is 10.4 Å². The number of benzene rings is 1. The highest BCUT2D eigenvalue weighted by atomic mass is 16.5. The SMILES string of the molecule is O=C(Oc1ccc(-c2cc(=O)c3cncnc3o2)cc1O)c1cccnc1. The first-order valence-electron chi connectivity index (χ1n) is 7.81. The molecule has 0 aliphatic rings. The van der Waals surface area contributed by atoms with Crippen LogP contribution < -0.4 is 10.2 Å². The minimum atomic E-state index is -0.653. The van der Waals surface area contributed by atoms with Crippen LogP contribution in [0.15, 0.2) is 70.5 Å². The second kappa shape index (κ2) is 6.68. The molecule has 3 aromatic heterocycles. The molecule has 0 saturated carbocycles. The van der Waals surface area contributed by atoms with Gasteiger partial charge in [0, 0.05) is 30.2 Å². The molecule has 0 saturated heterocycles. The van der Waals surface area contributed by atoms with Gasteiger partial charge in [0.25, 0.3) is 0 Å². The second-order valence-electron chi connectivity index (χ2n) is 5.53. The molecule has 27 heavy (non-hydrogen) atoms. The maximum Gasteiger partial charge on any atom is 0.345 e. The molecule has 1 aromatic carbocycles. The molecular formula is C19H11N3O5. The largest absolute Gasteiger partial charge is 0.504 e. The Morgan fingerprint density at radius 2 is 2.00 bits per heavy atom. The average Bonchev–Trinajstić information content (AvgIpc) is 2.70. The minimum absolute atomic E-state index is 0.0296. The van der Waals surface area contributed by atoms with E-state index >= 15 is 0 Å². The highest BCUT2D eigenvalue weighted by molar-refractivity contribution is 5.91. The number of esters is 1. The number of carbonyl (C=O) groups is 1. The normalized spacial score (nSPS) is 10.7. The molecule has 4 rings (SSSR count). The van der Waals surface area contributed by atoms with Gasteiger partial charge >= 0.3 is 5.97 Å². The third-order valence-electron chi connectivity index (χ3n) is 3.75. The highest BCUT2D eigenvalue weighted by Gasteiger charge is 2.14. The third-order valence-corrected chi connectivity index (χ3v) is 3.75. The number of rotatable bonds is 3. The van der Waals surface area contributed by atoms with E-state index in [0.29, 0.717) is 5.56 Å². The lowest BCUT2D eigenvalue weighted by Crippen LogP contribution is -2.08. The van der Waals surface area contributed by atoms with Gasteiger partial charge in [0.15, 0.2) is 16.9 Å². The van der Waals surface area contributed by atoms with E-state index < -0.39 is 5.97 Å². The Hall–Kier alpha value is -4.07. The number of hydrogen-bond acceptors (Lipinski definition) is 8. The quantitative estimate of drug-likeness (QED) is 0.437. The molecule has 132 valence electrons. The fraction of sp³-hybridized carbons (Fsp3) is 0. The summed E-state index contributed by atoms with van der Waals surface area (Å²) in [5.41, 5.74) is 0.505. The van der Waals surface area contributed by atoms with E-state index in [1.54, 1.807) is 18.2 Å². The van der Waals surface area contributed by atoms with Gasteiger partial charge in [-0.15, -0.1) is 0 Å². The van der Waals surface area contributed by atoms with Crippen LogP contribution in [0.5, 0.6) is 11.5 Å². The summed E-state index contributed by atoms with van der Waals surface area (Å²) in [6.45, 7) is 0. The zero-order valence-corrected chi connectivity index (χ0v) is 13.7.